The Morgan fingerprint density at radius 1 is 1.29 bits per heavy atom. The minimum atomic E-state index is -0.0543. The molecule has 0 amide bonds. The molecule has 122 valence electrons. The van der Waals surface area contributed by atoms with Gasteiger partial charge >= 0.3 is 0 Å². The van der Waals surface area contributed by atoms with Crippen molar-refractivity contribution in [3.63, 3.8) is 0 Å². The SMILES string of the molecule is COc1cccc(Cn2ncc3c(c(C)n4cc(C)sc34)c2=O)c1. The number of aromatic nitrogens is 3. The molecule has 0 N–H and O–H groups in total. The van der Waals surface area contributed by atoms with Gasteiger partial charge in [-0.05, 0) is 31.5 Å². The highest BCUT2D eigenvalue weighted by Crippen LogP contribution is 2.29. The molecular weight excluding hydrogens is 322 g/mol. The van der Waals surface area contributed by atoms with Crippen LogP contribution >= 0.6 is 11.3 Å². The number of fused-ring (bicyclic) bond motifs is 3. The molecular formula is C18H17N3O2S. The van der Waals surface area contributed by atoms with Crippen molar-refractivity contribution >= 4 is 26.9 Å². The Balaban J connectivity index is 1.86. The van der Waals surface area contributed by atoms with Crippen LogP contribution in [0.3, 0.4) is 0 Å². The van der Waals surface area contributed by atoms with Crippen LogP contribution in [0.1, 0.15) is 16.1 Å². The Morgan fingerprint density at radius 2 is 2.12 bits per heavy atom. The molecule has 4 aromatic rings. The van der Waals surface area contributed by atoms with Gasteiger partial charge in [0.2, 0.25) is 0 Å². The van der Waals surface area contributed by atoms with Gasteiger partial charge in [0.05, 0.1) is 25.2 Å². The first-order chi connectivity index (χ1) is 11.6. The molecule has 0 unspecified atom stereocenters. The zero-order chi connectivity index (χ0) is 16.8. The highest BCUT2D eigenvalue weighted by molar-refractivity contribution is 7.18. The second kappa shape index (κ2) is 5.49. The minimum Gasteiger partial charge on any atom is -0.497 e. The maximum absolute atomic E-state index is 12.9. The molecule has 6 heteroatoms. The van der Waals surface area contributed by atoms with Gasteiger partial charge in [-0.1, -0.05) is 12.1 Å². The van der Waals surface area contributed by atoms with Gasteiger partial charge in [0.25, 0.3) is 5.56 Å². The lowest BCUT2D eigenvalue weighted by atomic mass is 10.2. The highest BCUT2D eigenvalue weighted by atomic mass is 32.1. The van der Waals surface area contributed by atoms with E-state index in [1.807, 2.05) is 31.2 Å². The van der Waals surface area contributed by atoms with Crippen molar-refractivity contribution in [3.05, 3.63) is 63.1 Å². The summed E-state index contributed by atoms with van der Waals surface area (Å²) in [5.41, 5.74) is 1.90. The summed E-state index contributed by atoms with van der Waals surface area (Å²) in [6.45, 7) is 4.48. The standard InChI is InChI=1S/C18H17N3O2S/c1-11-9-20-12(2)16-15(18(20)24-11)8-19-21(17(16)22)10-13-5-4-6-14(7-13)23-3/h4-9H,10H2,1-3H3. The van der Waals surface area contributed by atoms with E-state index in [-0.39, 0.29) is 5.56 Å². The molecule has 4 rings (SSSR count). The van der Waals surface area contributed by atoms with Crippen molar-refractivity contribution in [2.24, 2.45) is 0 Å². The molecule has 0 saturated carbocycles. The second-order valence-electron chi connectivity index (χ2n) is 5.85. The van der Waals surface area contributed by atoms with E-state index in [0.29, 0.717) is 6.54 Å². The fourth-order valence-electron chi connectivity index (χ4n) is 3.08. The third kappa shape index (κ3) is 2.22. The van der Waals surface area contributed by atoms with Gasteiger partial charge in [-0.2, -0.15) is 5.10 Å². The van der Waals surface area contributed by atoms with Gasteiger partial charge in [0.15, 0.2) is 0 Å². The highest BCUT2D eigenvalue weighted by Gasteiger charge is 2.16. The normalized spacial score (nSPS) is 11.5. The molecule has 3 heterocycles. The molecule has 0 radical (unpaired) electrons. The molecule has 0 fully saturated rings. The quantitative estimate of drug-likeness (QED) is 0.575. The molecule has 0 atom stereocenters. The van der Waals surface area contributed by atoms with Crippen LogP contribution in [0.25, 0.3) is 15.6 Å². The summed E-state index contributed by atoms with van der Waals surface area (Å²) in [4.78, 5) is 15.2. The summed E-state index contributed by atoms with van der Waals surface area (Å²) in [6.07, 6.45) is 3.87. The summed E-state index contributed by atoms with van der Waals surface area (Å²) in [5, 5.41) is 6.06. The second-order valence-corrected chi connectivity index (χ2v) is 7.08. The van der Waals surface area contributed by atoms with Crippen LogP contribution in [-0.4, -0.2) is 21.3 Å². The zero-order valence-corrected chi connectivity index (χ0v) is 14.6. The van der Waals surface area contributed by atoms with Gasteiger partial charge in [-0.25, -0.2) is 4.68 Å². The van der Waals surface area contributed by atoms with Gasteiger partial charge in [0, 0.05) is 22.2 Å². The van der Waals surface area contributed by atoms with Crippen LogP contribution in [0.4, 0.5) is 0 Å². The first-order valence-corrected chi connectivity index (χ1v) is 8.50. The molecule has 0 bridgehead atoms. The summed E-state index contributed by atoms with van der Waals surface area (Å²) >= 11 is 1.68. The molecule has 3 aromatic heterocycles. The van der Waals surface area contributed by atoms with Crippen LogP contribution in [0.2, 0.25) is 0 Å². The van der Waals surface area contributed by atoms with Crippen LogP contribution in [-0.2, 0) is 6.54 Å². The average molecular weight is 339 g/mol. The maximum atomic E-state index is 12.9. The molecule has 0 aliphatic heterocycles. The van der Waals surface area contributed by atoms with E-state index in [1.54, 1.807) is 24.6 Å². The number of nitrogens with zero attached hydrogens (tertiary/aromatic N) is 3. The van der Waals surface area contributed by atoms with E-state index in [2.05, 4.69) is 22.6 Å². The summed E-state index contributed by atoms with van der Waals surface area (Å²) in [7, 11) is 1.63. The van der Waals surface area contributed by atoms with Crippen LogP contribution in [0.15, 0.2) is 41.5 Å². The smallest absolute Gasteiger partial charge is 0.276 e. The third-order valence-electron chi connectivity index (χ3n) is 4.25. The van der Waals surface area contributed by atoms with Gasteiger partial charge in [-0.15, -0.1) is 11.3 Å². The monoisotopic (exact) mass is 339 g/mol. The first kappa shape index (κ1) is 15.0. The van der Waals surface area contributed by atoms with Gasteiger partial charge in [0.1, 0.15) is 10.6 Å². The third-order valence-corrected chi connectivity index (χ3v) is 5.29. The maximum Gasteiger partial charge on any atom is 0.276 e. The van der Waals surface area contributed by atoms with Crippen molar-refractivity contribution < 1.29 is 4.74 Å². The predicted molar refractivity (Wildman–Crippen MR) is 96.4 cm³/mol. The molecule has 0 saturated heterocycles. The van der Waals surface area contributed by atoms with Crippen molar-refractivity contribution in [3.8, 4) is 5.75 Å². The predicted octanol–water partition coefficient (Wildman–Crippen LogP) is 3.38. The lowest BCUT2D eigenvalue weighted by molar-refractivity contribution is 0.414. The topological polar surface area (TPSA) is 48.5 Å². The Morgan fingerprint density at radius 3 is 2.92 bits per heavy atom. The average Bonchev–Trinajstić information content (AvgIpc) is 3.08. The summed E-state index contributed by atoms with van der Waals surface area (Å²) < 4.78 is 8.84. The minimum absolute atomic E-state index is 0.0543. The van der Waals surface area contributed by atoms with Crippen LogP contribution in [0.5, 0.6) is 5.75 Å². The fraction of sp³-hybridized carbons (Fsp3) is 0.222. The number of thiazole rings is 1. The Kier molecular flexibility index (Phi) is 3.42. The van der Waals surface area contributed by atoms with E-state index in [0.717, 1.165) is 32.6 Å². The van der Waals surface area contributed by atoms with Gasteiger partial charge in [-0.3, -0.25) is 4.79 Å². The number of rotatable bonds is 3. The number of methoxy groups -OCH3 is 1. The van der Waals surface area contributed by atoms with E-state index < -0.39 is 0 Å². The van der Waals surface area contributed by atoms with Crippen molar-refractivity contribution in [2.45, 2.75) is 20.4 Å². The van der Waals surface area contributed by atoms with E-state index in [9.17, 15) is 4.79 Å². The van der Waals surface area contributed by atoms with E-state index in [1.165, 1.54) is 9.56 Å². The van der Waals surface area contributed by atoms with Crippen molar-refractivity contribution in [1.82, 2.24) is 14.2 Å². The summed E-state index contributed by atoms with van der Waals surface area (Å²) in [5.74, 6) is 0.776. The first-order valence-electron chi connectivity index (χ1n) is 7.68. The van der Waals surface area contributed by atoms with Crippen molar-refractivity contribution in [2.75, 3.05) is 7.11 Å². The molecule has 0 aliphatic rings. The van der Waals surface area contributed by atoms with E-state index >= 15 is 0 Å². The molecule has 0 spiro atoms. The molecule has 5 nitrogen and oxygen atoms in total. The summed E-state index contributed by atoms with van der Waals surface area (Å²) in [6, 6.07) is 7.69. The largest absolute Gasteiger partial charge is 0.497 e. The Labute approximate surface area is 142 Å². The Hall–Kier alpha value is -2.60. The van der Waals surface area contributed by atoms with Crippen LogP contribution in [0, 0.1) is 13.8 Å². The molecule has 24 heavy (non-hydrogen) atoms. The number of ether oxygens (including phenoxy) is 1. The van der Waals surface area contributed by atoms with E-state index in [4.69, 9.17) is 4.74 Å². The number of hydrogen-bond acceptors (Lipinski definition) is 4. The lowest BCUT2D eigenvalue weighted by Gasteiger charge is -2.07. The number of hydrogen-bond donors (Lipinski definition) is 0. The Bertz CT molecular complexity index is 1120. The lowest BCUT2D eigenvalue weighted by Crippen LogP contribution is -2.23. The molecule has 1 aromatic carbocycles. The number of benzene rings is 1. The van der Waals surface area contributed by atoms with Gasteiger partial charge < -0.3 is 9.14 Å². The zero-order valence-electron chi connectivity index (χ0n) is 13.7. The van der Waals surface area contributed by atoms with Crippen molar-refractivity contribution in [1.29, 1.82) is 0 Å². The fourth-order valence-corrected chi connectivity index (χ4v) is 4.10. The van der Waals surface area contributed by atoms with Crippen LogP contribution < -0.4 is 10.3 Å². The molecule has 0 aliphatic carbocycles. The number of aryl methyl sites for hydroxylation is 2.